The number of aromatic nitrogens is 2. The average Bonchev–Trinajstić information content (AvgIpc) is 2.76. The van der Waals surface area contributed by atoms with Crippen LogP contribution in [0.2, 0.25) is 0 Å². The number of benzene rings is 1. The SMILES string of the molecule is CC(C)C(N)c1noc(Cc2cccc(Br)c2)n1. The number of hydrogen-bond acceptors (Lipinski definition) is 4. The van der Waals surface area contributed by atoms with Crippen LogP contribution in [0.4, 0.5) is 0 Å². The number of halogens is 1. The molecule has 5 heteroatoms. The molecule has 1 aromatic heterocycles. The average molecular weight is 310 g/mol. The maximum atomic E-state index is 5.98. The standard InChI is InChI=1S/C13H16BrN3O/c1-8(2)12(15)13-16-11(18-17-13)7-9-4-3-5-10(14)6-9/h3-6,8,12H,7,15H2,1-2H3. The van der Waals surface area contributed by atoms with E-state index in [1.165, 1.54) is 0 Å². The van der Waals surface area contributed by atoms with Crippen LogP contribution in [-0.2, 0) is 6.42 Å². The van der Waals surface area contributed by atoms with Gasteiger partial charge in [0.05, 0.1) is 12.5 Å². The summed E-state index contributed by atoms with van der Waals surface area (Å²) in [4.78, 5) is 4.34. The maximum Gasteiger partial charge on any atom is 0.231 e. The lowest BCUT2D eigenvalue weighted by Crippen LogP contribution is -2.18. The van der Waals surface area contributed by atoms with E-state index in [4.69, 9.17) is 10.3 Å². The van der Waals surface area contributed by atoms with Crippen molar-refractivity contribution >= 4 is 15.9 Å². The van der Waals surface area contributed by atoms with Crippen LogP contribution in [0, 0.1) is 5.92 Å². The van der Waals surface area contributed by atoms with Crippen molar-refractivity contribution in [1.29, 1.82) is 0 Å². The van der Waals surface area contributed by atoms with E-state index in [9.17, 15) is 0 Å². The van der Waals surface area contributed by atoms with E-state index < -0.39 is 0 Å². The molecule has 0 aliphatic carbocycles. The summed E-state index contributed by atoms with van der Waals surface area (Å²) < 4.78 is 6.26. The lowest BCUT2D eigenvalue weighted by atomic mass is 10.1. The Hall–Kier alpha value is -1.20. The van der Waals surface area contributed by atoms with Crippen LogP contribution < -0.4 is 5.73 Å². The van der Waals surface area contributed by atoms with Crippen LogP contribution in [0.25, 0.3) is 0 Å². The molecule has 1 heterocycles. The molecule has 0 aliphatic rings. The quantitative estimate of drug-likeness (QED) is 0.942. The van der Waals surface area contributed by atoms with E-state index in [2.05, 4.69) is 26.1 Å². The van der Waals surface area contributed by atoms with Crippen molar-refractivity contribution in [3.8, 4) is 0 Å². The first-order valence-electron chi connectivity index (χ1n) is 5.89. The first kappa shape index (κ1) is 13.2. The van der Waals surface area contributed by atoms with Gasteiger partial charge in [0.1, 0.15) is 0 Å². The molecule has 0 bridgehead atoms. The van der Waals surface area contributed by atoms with E-state index in [1.54, 1.807) is 0 Å². The second kappa shape index (κ2) is 5.63. The Bertz CT molecular complexity index is 524. The fourth-order valence-electron chi connectivity index (χ4n) is 1.59. The second-order valence-corrected chi connectivity index (χ2v) is 5.54. The van der Waals surface area contributed by atoms with Gasteiger partial charge in [-0.2, -0.15) is 4.98 Å². The Balaban J connectivity index is 2.11. The molecule has 0 saturated heterocycles. The zero-order valence-corrected chi connectivity index (χ0v) is 12.0. The number of nitrogens with two attached hydrogens (primary N) is 1. The normalized spacial score (nSPS) is 12.9. The zero-order chi connectivity index (χ0) is 13.1. The Morgan fingerprint density at radius 2 is 2.17 bits per heavy atom. The molecule has 0 amide bonds. The van der Waals surface area contributed by atoms with Gasteiger partial charge < -0.3 is 10.3 Å². The predicted octanol–water partition coefficient (Wildman–Crippen LogP) is 3.08. The molecular weight excluding hydrogens is 294 g/mol. The van der Waals surface area contributed by atoms with Crippen molar-refractivity contribution < 1.29 is 4.52 Å². The minimum Gasteiger partial charge on any atom is -0.339 e. The van der Waals surface area contributed by atoms with Gasteiger partial charge in [0, 0.05) is 4.47 Å². The van der Waals surface area contributed by atoms with Crippen molar-refractivity contribution in [1.82, 2.24) is 10.1 Å². The lowest BCUT2D eigenvalue weighted by molar-refractivity contribution is 0.368. The highest BCUT2D eigenvalue weighted by Crippen LogP contribution is 2.18. The molecule has 18 heavy (non-hydrogen) atoms. The Kier molecular flexibility index (Phi) is 4.14. The molecule has 4 nitrogen and oxygen atoms in total. The third kappa shape index (κ3) is 3.17. The summed E-state index contributed by atoms with van der Waals surface area (Å²) in [5.74, 6) is 1.47. The Morgan fingerprint density at radius 1 is 1.39 bits per heavy atom. The highest BCUT2D eigenvalue weighted by molar-refractivity contribution is 9.10. The van der Waals surface area contributed by atoms with Gasteiger partial charge >= 0.3 is 0 Å². The Morgan fingerprint density at radius 3 is 2.83 bits per heavy atom. The summed E-state index contributed by atoms with van der Waals surface area (Å²) >= 11 is 3.44. The first-order chi connectivity index (χ1) is 8.56. The van der Waals surface area contributed by atoms with Gasteiger partial charge in [-0.15, -0.1) is 0 Å². The molecule has 2 rings (SSSR count). The maximum absolute atomic E-state index is 5.98. The summed E-state index contributed by atoms with van der Waals surface area (Å²) in [7, 11) is 0. The van der Waals surface area contributed by atoms with E-state index in [-0.39, 0.29) is 6.04 Å². The minimum atomic E-state index is -0.176. The van der Waals surface area contributed by atoms with Crippen LogP contribution in [0.15, 0.2) is 33.3 Å². The van der Waals surface area contributed by atoms with Crippen LogP contribution in [0.5, 0.6) is 0 Å². The summed E-state index contributed by atoms with van der Waals surface area (Å²) in [6.07, 6.45) is 0.622. The van der Waals surface area contributed by atoms with Gasteiger partial charge in [0.15, 0.2) is 5.82 Å². The van der Waals surface area contributed by atoms with E-state index in [0.29, 0.717) is 24.1 Å². The monoisotopic (exact) mass is 309 g/mol. The highest BCUT2D eigenvalue weighted by Gasteiger charge is 2.17. The van der Waals surface area contributed by atoms with Gasteiger partial charge in [-0.05, 0) is 23.6 Å². The smallest absolute Gasteiger partial charge is 0.231 e. The van der Waals surface area contributed by atoms with E-state index in [1.807, 2.05) is 38.1 Å². The summed E-state index contributed by atoms with van der Waals surface area (Å²) in [6, 6.07) is 7.85. The summed E-state index contributed by atoms with van der Waals surface area (Å²) in [5, 5.41) is 3.93. The lowest BCUT2D eigenvalue weighted by Gasteiger charge is -2.09. The molecule has 0 aliphatic heterocycles. The molecule has 2 aromatic rings. The molecule has 0 radical (unpaired) electrons. The summed E-state index contributed by atoms with van der Waals surface area (Å²) in [6.45, 7) is 4.07. The molecular formula is C13H16BrN3O. The fraction of sp³-hybridized carbons (Fsp3) is 0.385. The minimum absolute atomic E-state index is 0.176. The number of rotatable bonds is 4. The Labute approximate surface area is 115 Å². The first-order valence-corrected chi connectivity index (χ1v) is 6.68. The van der Waals surface area contributed by atoms with Crippen molar-refractivity contribution in [2.24, 2.45) is 11.7 Å². The van der Waals surface area contributed by atoms with Gasteiger partial charge in [-0.25, -0.2) is 0 Å². The van der Waals surface area contributed by atoms with Gasteiger partial charge in [-0.1, -0.05) is 47.1 Å². The third-order valence-electron chi connectivity index (χ3n) is 2.74. The van der Waals surface area contributed by atoms with E-state index in [0.717, 1.165) is 10.0 Å². The van der Waals surface area contributed by atoms with Gasteiger partial charge in [0.2, 0.25) is 5.89 Å². The predicted molar refractivity (Wildman–Crippen MR) is 73.0 cm³/mol. The van der Waals surface area contributed by atoms with Crippen LogP contribution in [0.1, 0.15) is 37.2 Å². The van der Waals surface area contributed by atoms with Crippen molar-refractivity contribution in [3.63, 3.8) is 0 Å². The van der Waals surface area contributed by atoms with Crippen LogP contribution >= 0.6 is 15.9 Å². The topological polar surface area (TPSA) is 64.9 Å². The molecule has 2 N–H and O–H groups in total. The van der Waals surface area contributed by atoms with Crippen LogP contribution in [-0.4, -0.2) is 10.1 Å². The van der Waals surface area contributed by atoms with Crippen molar-refractivity contribution in [2.75, 3.05) is 0 Å². The summed E-state index contributed by atoms with van der Waals surface area (Å²) in [5.41, 5.74) is 7.10. The number of hydrogen-bond donors (Lipinski definition) is 1. The van der Waals surface area contributed by atoms with Gasteiger partial charge in [-0.3, -0.25) is 0 Å². The highest BCUT2D eigenvalue weighted by atomic mass is 79.9. The molecule has 1 atom stereocenters. The van der Waals surface area contributed by atoms with Crippen LogP contribution in [0.3, 0.4) is 0 Å². The largest absolute Gasteiger partial charge is 0.339 e. The molecule has 0 saturated carbocycles. The number of nitrogens with zero attached hydrogens (tertiary/aromatic N) is 2. The van der Waals surface area contributed by atoms with Gasteiger partial charge in [0.25, 0.3) is 0 Å². The zero-order valence-electron chi connectivity index (χ0n) is 10.4. The van der Waals surface area contributed by atoms with Crippen molar-refractivity contribution in [2.45, 2.75) is 26.3 Å². The molecule has 0 spiro atoms. The second-order valence-electron chi connectivity index (χ2n) is 4.62. The third-order valence-corrected chi connectivity index (χ3v) is 3.24. The fourth-order valence-corrected chi connectivity index (χ4v) is 2.04. The molecule has 1 unspecified atom stereocenters. The molecule has 0 fully saturated rings. The van der Waals surface area contributed by atoms with E-state index >= 15 is 0 Å². The molecule has 1 aromatic carbocycles. The van der Waals surface area contributed by atoms with Crippen molar-refractivity contribution in [3.05, 3.63) is 46.0 Å². The molecule has 96 valence electrons.